The molecule has 23 heavy (non-hydrogen) atoms. The van der Waals surface area contributed by atoms with E-state index < -0.39 is 5.91 Å². The Morgan fingerprint density at radius 3 is 2.48 bits per heavy atom. The number of anilines is 1. The predicted octanol–water partition coefficient (Wildman–Crippen LogP) is 1.73. The van der Waals surface area contributed by atoms with Crippen molar-refractivity contribution in [2.24, 2.45) is 5.73 Å². The van der Waals surface area contributed by atoms with E-state index >= 15 is 0 Å². The molecule has 3 aromatic rings. The number of phenolic OH excluding ortho intramolecular Hbond substituents is 1. The molecular weight excluding hydrogens is 294 g/mol. The summed E-state index contributed by atoms with van der Waals surface area (Å²) in [6.07, 6.45) is 0. The van der Waals surface area contributed by atoms with Crippen molar-refractivity contribution in [2.45, 2.75) is 20.8 Å². The van der Waals surface area contributed by atoms with Crippen LogP contribution in [-0.4, -0.2) is 25.5 Å². The number of nitrogens with zero attached hydrogens (tertiary/aromatic N) is 3. The van der Waals surface area contributed by atoms with Gasteiger partial charge in [-0.3, -0.25) is 9.36 Å². The number of benzene rings is 1. The molecule has 0 saturated carbocycles. The molecular formula is C16H17N5O2. The summed E-state index contributed by atoms with van der Waals surface area (Å²) in [5.74, 6) is -0.419. The van der Waals surface area contributed by atoms with Crippen LogP contribution in [0.1, 0.15) is 27.3 Å². The minimum atomic E-state index is -0.665. The Balaban J connectivity index is 2.50. The van der Waals surface area contributed by atoms with Gasteiger partial charge in [-0.15, -0.1) is 0 Å². The van der Waals surface area contributed by atoms with E-state index in [1.54, 1.807) is 29.7 Å². The first kappa shape index (κ1) is 14.8. The smallest absolute Gasteiger partial charge is 0.254 e. The van der Waals surface area contributed by atoms with Gasteiger partial charge in [-0.25, -0.2) is 9.97 Å². The highest BCUT2D eigenvalue weighted by Crippen LogP contribution is 2.32. The van der Waals surface area contributed by atoms with Crippen LogP contribution in [0, 0.1) is 20.8 Å². The highest BCUT2D eigenvalue weighted by Gasteiger charge is 2.24. The fraction of sp³-hybridized carbons (Fsp3) is 0.188. The molecule has 2 heterocycles. The van der Waals surface area contributed by atoms with Gasteiger partial charge >= 0.3 is 0 Å². The number of aromatic nitrogens is 3. The number of hydrogen-bond acceptors (Lipinski definition) is 5. The van der Waals surface area contributed by atoms with Crippen LogP contribution in [-0.2, 0) is 0 Å². The number of carbonyl (C=O) groups excluding carboxylic acids is 1. The minimum Gasteiger partial charge on any atom is -0.508 e. The summed E-state index contributed by atoms with van der Waals surface area (Å²) in [6.45, 7) is 5.51. The fourth-order valence-electron chi connectivity index (χ4n) is 2.59. The number of aryl methyl sites for hydroxylation is 3. The van der Waals surface area contributed by atoms with Crippen LogP contribution < -0.4 is 11.5 Å². The van der Waals surface area contributed by atoms with E-state index in [2.05, 4.69) is 9.97 Å². The molecule has 2 aromatic heterocycles. The van der Waals surface area contributed by atoms with Crippen LogP contribution in [0.2, 0.25) is 0 Å². The average Bonchev–Trinajstić information content (AvgIpc) is 2.74. The maximum absolute atomic E-state index is 11.8. The number of aromatic hydroxyl groups is 1. The molecule has 0 saturated heterocycles. The molecule has 0 atom stereocenters. The SMILES string of the molecule is Cc1ccc(O)cc1-n1c(N)c(C(N)=O)c2nc(C)c(C)nc21. The molecule has 1 aromatic carbocycles. The Labute approximate surface area is 132 Å². The molecule has 0 spiro atoms. The third kappa shape index (κ3) is 2.17. The molecule has 0 fully saturated rings. The van der Waals surface area contributed by atoms with Gasteiger partial charge in [0.2, 0.25) is 0 Å². The average molecular weight is 311 g/mol. The highest BCUT2D eigenvalue weighted by atomic mass is 16.3. The first-order valence-corrected chi connectivity index (χ1v) is 7.06. The number of rotatable bonds is 2. The zero-order valence-corrected chi connectivity index (χ0v) is 13.1. The minimum absolute atomic E-state index is 0.0873. The van der Waals surface area contributed by atoms with E-state index in [1.165, 1.54) is 0 Å². The van der Waals surface area contributed by atoms with Crippen LogP contribution in [0.3, 0.4) is 0 Å². The van der Waals surface area contributed by atoms with E-state index in [0.29, 0.717) is 22.5 Å². The van der Waals surface area contributed by atoms with E-state index in [-0.39, 0.29) is 17.1 Å². The van der Waals surface area contributed by atoms with Crippen molar-refractivity contribution in [3.63, 3.8) is 0 Å². The Morgan fingerprint density at radius 2 is 1.83 bits per heavy atom. The molecule has 7 nitrogen and oxygen atoms in total. The van der Waals surface area contributed by atoms with Crippen LogP contribution in [0.4, 0.5) is 5.82 Å². The second-order valence-corrected chi connectivity index (χ2v) is 5.50. The third-order valence-corrected chi connectivity index (χ3v) is 3.91. The van der Waals surface area contributed by atoms with Gasteiger partial charge in [0.1, 0.15) is 22.6 Å². The molecule has 7 heteroatoms. The second-order valence-electron chi connectivity index (χ2n) is 5.50. The molecule has 0 aliphatic carbocycles. The summed E-state index contributed by atoms with van der Waals surface area (Å²) >= 11 is 0. The van der Waals surface area contributed by atoms with Gasteiger partial charge in [0, 0.05) is 6.07 Å². The van der Waals surface area contributed by atoms with E-state index in [0.717, 1.165) is 11.3 Å². The molecule has 118 valence electrons. The molecule has 0 bridgehead atoms. The maximum Gasteiger partial charge on any atom is 0.254 e. The van der Waals surface area contributed by atoms with Crippen molar-refractivity contribution < 1.29 is 9.90 Å². The number of nitrogen functional groups attached to an aromatic ring is 1. The monoisotopic (exact) mass is 311 g/mol. The second kappa shape index (κ2) is 4.98. The number of nitrogens with two attached hydrogens (primary N) is 2. The summed E-state index contributed by atoms with van der Waals surface area (Å²) in [6, 6.07) is 4.90. The summed E-state index contributed by atoms with van der Waals surface area (Å²) in [7, 11) is 0. The molecule has 1 amide bonds. The quantitative estimate of drug-likeness (QED) is 0.665. The number of hydrogen-bond donors (Lipinski definition) is 3. The van der Waals surface area contributed by atoms with Crippen molar-refractivity contribution in [1.82, 2.24) is 14.5 Å². The first-order chi connectivity index (χ1) is 10.8. The van der Waals surface area contributed by atoms with Crippen LogP contribution >= 0.6 is 0 Å². The van der Waals surface area contributed by atoms with Crippen molar-refractivity contribution in [3.05, 3.63) is 40.7 Å². The summed E-state index contributed by atoms with van der Waals surface area (Å²) in [5.41, 5.74) is 15.5. The molecule has 0 unspecified atom stereocenters. The lowest BCUT2D eigenvalue weighted by Gasteiger charge is -2.11. The zero-order valence-electron chi connectivity index (χ0n) is 13.1. The maximum atomic E-state index is 11.8. The third-order valence-electron chi connectivity index (χ3n) is 3.91. The lowest BCUT2D eigenvalue weighted by molar-refractivity contribution is 0.100. The van der Waals surface area contributed by atoms with Crippen molar-refractivity contribution >= 4 is 22.9 Å². The van der Waals surface area contributed by atoms with Crippen molar-refractivity contribution in [1.29, 1.82) is 0 Å². The van der Waals surface area contributed by atoms with Gasteiger partial charge in [0.05, 0.1) is 17.1 Å². The fourth-order valence-corrected chi connectivity index (χ4v) is 2.59. The molecule has 5 N–H and O–H groups in total. The van der Waals surface area contributed by atoms with Crippen molar-refractivity contribution in [3.8, 4) is 11.4 Å². The Hall–Kier alpha value is -3.09. The zero-order chi connectivity index (χ0) is 16.9. The number of amides is 1. The van der Waals surface area contributed by atoms with E-state index in [9.17, 15) is 9.90 Å². The number of carbonyl (C=O) groups is 1. The van der Waals surface area contributed by atoms with Gasteiger partial charge in [0.25, 0.3) is 5.91 Å². The normalized spacial score (nSPS) is 11.1. The van der Waals surface area contributed by atoms with Crippen LogP contribution in [0.5, 0.6) is 5.75 Å². The summed E-state index contributed by atoms with van der Waals surface area (Å²) in [5, 5.41) is 9.79. The topological polar surface area (TPSA) is 120 Å². The molecule has 0 aliphatic rings. The van der Waals surface area contributed by atoms with Crippen molar-refractivity contribution in [2.75, 3.05) is 5.73 Å². The first-order valence-electron chi connectivity index (χ1n) is 7.06. The van der Waals surface area contributed by atoms with Gasteiger partial charge in [-0.05, 0) is 32.4 Å². The summed E-state index contributed by atoms with van der Waals surface area (Å²) in [4.78, 5) is 20.8. The van der Waals surface area contributed by atoms with Gasteiger partial charge < -0.3 is 16.6 Å². The van der Waals surface area contributed by atoms with E-state index in [1.807, 2.05) is 13.8 Å². The standard InChI is InChI=1S/C16H17N5O2/c1-7-4-5-10(22)6-11(7)21-14(17)12(15(18)23)13-16(21)20-9(3)8(2)19-13/h4-6,22H,17H2,1-3H3,(H2,18,23). The van der Waals surface area contributed by atoms with Crippen LogP contribution in [0.15, 0.2) is 18.2 Å². The highest BCUT2D eigenvalue weighted by molar-refractivity contribution is 6.09. The lowest BCUT2D eigenvalue weighted by Crippen LogP contribution is -2.14. The largest absolute Gasteiger partial charge is 0.508 e. The van der Waals surface area contributed by atoms with Crippen LogP contribution in [0.25, 0.3) is 16.9 Å². The van der Waals surface area contributed by atoms with E-state index in [4.69, 9.17) is 11.5 Å². The lowest BCUT2D eigenvalue weighted by atomic mass is 10.2. The Kier molecular flexibility index (Phi) is 3.21. The molecule has 0 radical (unpaired) electrons. The molecule has 0 aliphatic heterocycles. The van der Waals surface area contributed by atoms with Gasteiger partial charge in [-0.2, -0.15) is 0 Å². The van der Waals surface area contributed by atoms with Gasteiger partial charge in [-0.1, -0.05) is 6.07 Å². The summed E-state index contributed by atoms with van der Waals surface area (Å²) < 4.78 is 1.60. The number of phenols is 1. The Bertz CT molecular complexity index is 959. The Morgan fingerprint density at radius 1 is 1.17 bits per heavy atom. The number of fused-ring (bicyclic) bond motifs is 1. The number of primary amides is 1. The predicted molar refractivity (Wildman–Crippen MR) is 87.7 cm³/mol. The molecule has 3 rings (SSSR count). The van der Waals surface area contributed by atoms with Gasteiger partial charge in [0.15, 0.2) is 5.65 Å².